The number of halogens is 2. The zero-order valence-electron chi connectivity index (χ0n) is 16.8. The van der Waals surface area contributed by atoms with Gasteiger partial charge < -0.3 is 9.30 Å². The molecule has 0 fully saturated rings. The maximum absolute atomic E-state index is 13.2. The first-order chi connectivity index (χ1) is 15.0. The number of hydrogen-bond acceptors (Lipinski definition) is 5. The van der Waals surface area contributed by atoms with E-state index < -0.39 is 0 Å². The third-order valence-electron chi connectivity index (χ3n) is 4.82. The standard InChI is InChI=1S/C22H20ClFN4O2S/c1-30-18-8-7-17(23)21-20(18)26-22(31-21)28(11-2-10-27-12-9-25-14-27)19(29)13-15-3-5-16(24)6-4-15/h3-9,12,14H,2,10-11,13H2,1H3. The molecule has 2 heterocycles. The van der Waals surface area contributed by atoms with Gasteiger partial charge in [0.2, 0.25) is 5.91 Å². The molecule has 31 heavy (non-hydrogen) atoms. The molecule has 0 unspecified atom stereocenters. The Hall–Kier alpha value is -2.97. The normalized spacial score (nSPS) is 11.1. The Labute approximate surface area is 187 Å². The molecule has 4 aromatic rings. The summed E-state index contributed by atoms with van der Waals surface area (Å²) in [5, 5.41) is 1.11. The Kier molecular flexibility index (Phi) is 6.48. The summed E-state index contributed by atoms with van der Waals surface area (Å²) in [4.78, 5) is 23.6. The van der Waals surface area contributed by atoms with Crippen molar-refractivity contribution in [3.8, 4) is 5.75 Å². The number of carbonyl (C=O) groups is 1. The fraction of sp³-hybridized carbons (Fsp3) is 0.227. The number of amides is 1. The van der Waals surface area contributed by atoms with E-state index in [4.69, 9.17) is 16.3 Å². The van der Waals surface area contributed by atoms with Gasteiger partial charge in [0, 0.05) is 25.5 Å². The molecule has 0 atom stereocenters. The highest BCUT2D eigenvalue weighted by Gasteiger charge is 2.22. The molecule has 0 aliphatic heterocycles. The van der Waals surface area contributed by atoms with Crippen LogP contribution in [0.3, 0.4) is 0 Å². The number of rotatable bonds is 8. The number of anilines is 1. The number of benzene rings is 2. The summed E-state index contributed by atoms with van der Waals surface area (Å²) in [5.74, 6) is 0.152. The number of methoxy groups -OCH3 is 1. The molecule has 0 spiro atoms. The van der Waals surface area contributed by atoms with Crippen LogP contribution in [0.25, 0.3) is 10.2 Å². The number of nitrogens with zero attached hydrogens (tertiary/aromatic N) is 4. The molecule has 0 radical (unpaired) electrons. The van der Waals surface area contributed by atoms with Crippen molar-refractivity contribution in [2.75, 3.05) is 18.6 Å². The van der Waals surface area contributed by atoms with E-state index in [1.165, 1.54) is 23.5 Å². The lowest BCUT2D eigenvalue weighted by Gasteiger charge is -2.20. The lowest BCUT2D eigenvalue weighted by Crippen LogP contribution is -2.33. The number of ether oxygens (including phenoxy) is 1. The molecule has 0 N–H and O–H groups in total. The fourth-order valence-corrected chi connectivity index (χ4v) is 4.55. The molecule has 4 rings (SSSR count). The van der Waals surface area contributed by atoms with Crippen molar-refractivity contribution in [2.24, 2.45) is 0 Å². The molecule has 0 bridgehead atoms. The van der Waals surface area contributed by atoms with Crippen molar-refractivity contribution >= 4 is 44.2 Å². The van der Waals surface area contributed by atoms with Gasteiger partial charge in [-0.15, -0.1) is 0 Å². The summed E-state index contributed by atoms with van der Waals surface area (Å²) in [6, 6.07) is 9.47. The quantitative estimate of drug-likeness (QED) is 0.374. The van der Waals surface area contributed by atoms with Gasteiger partial charge in [-0.3, -0.25) is 9.69 Å². The molecule has 0 saturated heterocycles. The molecular weight excluding hydrogens is 439 g/mol. The number of thiazole rings is 1. The highest BCUT2D eigenvalue weighted by atomic mass is 35.5. The lowest BCUT2D eigenvalue weighted by atomic mass is 10.1. The van der Waals surface area contributed by atoms with Crippen LogP contribution >= 0.6 is 22.9 Å². The number of hydrogen-bond donors (Lipinski definition) is 0. The minimum Gasteiger partial charge on any atom is -0.494 e. The van der Waals surface area contributed by atoms with Crippen LogP contribution in [-0.4, -0.2) is 34.1 Å². The van der Waals surface area contributed by atoms with E-state index in [0.717, 1.165) is 16.8 Å². The van der Waals surface area contributed by atoms with Crippen molar-refractivity contribution in [1.29, 1.82) is 0 Å². The van der Waals surface area contributed by atoms with Crippen LogP contribution in [0.1, 0.15) is 12.0 Å². The molecule has 0 saturated carbocycles. The number of imidazole rings is 1. The molecule has 0 aliphatic carbocycles. The van der Waals surface area contributed by atoms with Gasteiger partial charge in [0.05, 0.1) is 29.6 Å². The van der Waals surface area contributed by atoms with Crippen molar-refractivity contribution < 1.29 is 13.9 Å². The first-order valence-electron chi connectivity index (χ1n) is 9.68. The molecule has 1 amide bonds. The van der Waals surface area contributed by atoms with Gasteiger partial charge in [-0.25, -0.2) is 14.4 Å². The van der Waals surface area contributed by atoms with Crippen molar-refractivity contribution in [3.63, 3.8) is 0 Å². The van der Waals surface area contributed by atoms with Crippen molar-refractivity contribution in [3.05, 3.63) is 71.5 Å². The van der Waals surface area contributed by atoms with Crippen molar-refractivity contribution in [2.45, 2.75) is 19.4 Å². The van der Waals surface area contributed by atoms with E-state index in [1.54, 1.807) is 48.8 Å². The monoisotopic (exact) mass is 458 g/mol. The van der Waals surface area contributed by atoms with Crippen LogP contribution in [0.4, 0.5) is 9.52 Å². The number of fused-ring (bicyclic) bond motifs is 1. The summed E-state index contributed by atoms with van der Waals surface area (Å²) in [5.41, 5.74) is 1.37. The van der Waals surface area contributed by atoms with Crippen LogP contribution in [0.2, 0.25) is 5.02 Å². The van der Waals surface area contributed by atoms with Crippen LogP contribution in [-0.2, 0) is 17.8 Å². The Morgan fingerprint density at radius 2 is 2.06 bits per heavy atom. The molecule has 6 nitrogen and oxygen atoms in total. The predicted octanol–water partition coefficient (Wildman–Crippen LogP) is 4.96. The Bertz CT molecular complexity index is 1180. The van der Waals surface area contributed by atoms with Crippen molar-refractivity contribution in [1.82, 2.24) is 14.5 Å². The van der Waals surface area contributed by atoms with E-state index >= 15 is 0 Å². The van der Waals surface area contributed by atoms with Crippen LogP contribution in [0.15, 0.2) is 55.1 Å². The summed E-state index contributed by atoms with van der Waals surface area (Å²) in [7, 11) is 1.57. The van der Waals surface area contributed by atoms with Gasteiger partial charge in [0.15, 0.2) is 5.13 Å². The van der Waals surface area contributed by atoms with E-state index in [1.807, 2.05) is 10.8 Å². The van der Waals surface area contributed by atoms with Crippen LogP contribution in [0.5, 0.6) is 5.75 Å². The number of carbonyl (C=O) groups excluding carboxylic acids is 1. The largest absolute Gasteiger partial charge is 0.494 e. The van der Waals surface area contributed by atoms with Gasteiger partial charge in [0.25, 0.3) is 0 Å². The Morgan fingerprint density at radius 1 is 1.26 bits per heavy atom. The fourth-order valence-electron chi connectivity index (χ4n) is 3.25. The second-order valence-corrected chi connectivity index (χ2v) is 8.31. The molecule has 9 heteroatoms. The maximum Gasteiger partial charge on any atom is 0.233 e. The molecule has 2 aromatic heterocycles. The first kappa shape index (κ1) is 21.3. The van der Waals surface area contributed by atoms with Crippen LogP contribution in [0, 0.1) is 5.82 Å². The van der Waals surface area contributed by atoms with Gasteiger partial charge in [-0.05, 0) is 36.2 Å². The number of aromatic nitrogens is 3. The van der Waals surface area contributed by atoms with Gasteiger partial charge in [-0.1, -0.05) is 35.1 Å². The number of aryl methyl sites for hydroxylation is 1. The second kappa shape index (κ2) is 9.45. The Balaban J connectivity index is 1.62. The average molecular weight is 459 g/mol. The average Bonchev–Trinajstić information content (AvgIpc) is 3.44. The minimum atomic E-state index is -0.332. The Morgan fingerprint density at radius 3 is 2.77 bits per heavy atom. The highest BCUT2D eigenvalue weighted by Crippen LogP contribution is 2.38. The SMILES string of the molecule is COc1ccc(Cl)c2sc(N(CCCn3ccnc3)C(=O)Cc3ccc(F)cc3)nc12. The van der Waals surface area contributed by atoms with Gasteiger partial charge in [-0.2, -0.15) is 0 Å². The molecule has 160 valence electrons. The third kappa shape index (κ3) is 4.86. The minimum absolute atomic E-state index is 0.119. The van der Waals surface area contributed by atoms with E-state index in [0.29, 0.717) is 34.4 Å². The molecule has 2 aromatic carbocycles. The lowest BCUT2D eigenvalue weighted by molar-refractivity contribution is -0.118. The highest BCUT2D eigenvalue weighted by molar-refractivity contribution is 7.23. The van der Waals surface area contributed by atoms with Gasteiger partial charge >= 0.3 is 0 Å². The molecule has 0 aliphatic rings. The van der Waals surface area contributed by atoms with E-state index in [2.05, 4.69) is 9.97 Å². The molecular formula is C22H20ClFN4O2S. The predicted molar refractivity (Wildman–Crippen MR) is 120 cm³/mol. The zero-order chi connectivity index (χ0) is 21.8. The van der Waals surface area contributed by atoms with Gasteiger partial charge in [0.1, 0.15) is 17.1 Å². The topological polar surface area (TPSA) is 60.2 Å². The maximum atomic E-state index is 13.2. The summed E-state index contributed by atoms with van der Waals surface area (Å²) in [6.45, 7) is 1.19. The van der Waals surface area contributed by atoms with E-state index in [-0.39, 0.29) is 18.1 Å². The first-order valence-corrected chi connectivity index (χ1v) is 10.9. The zero-order valence-corrected chi connectivity index (χ0v) is 18.4. The van der Waals surface area contributed by atoms with Crippen LogP contribution < -0.4 is 9.64 Å². The third-order valence-corrected chi connectivity index (χ3v) is 6.36. The summed E-state index contributed by atoms with van der Waals surface area (Å²) < 4.78 is 21.4. The summed E-state index contributed by atoms with van der Waals surface area (Å²) in [6.07, 6.45) is 6.21. The smallest absolute Gasteiger partial charge is 0.233 e. The summed E-state index contributed by atoms with van der Waals surface area (Å²) >= 11 is 7.72. The second-order valence-electron chi connectivity index (χ2n) is 6.93. The van der Waals surface area contributed by atoms with E-state index in [9.17, 15) is 9.18 Å².